The number of hydrogen-bond donors (Lipinski definition) is 2. The number of nitriles is 1. The van der Waals surface area contributed by atoms with Gasteiger partial charge in [-0.2, -0.15) is 5.26 Å². The van der Waals surface area contributed by atoms with E-state index in [2.05, 4.69) is 21.7 Å². The quantitative estimate of drug-likeness (QED) is 0.391. The van der Waals surface area contributed by atoms with E-state index in [1.807, 2.05) is 31.2 Å². The van der Waals surface area contributed by atoms with Crippen LogP contribution in [-0.2, 0) is 13.0 Å². The standard InChI is InChI=1S/C20H21FN4O.HI/c1-2-23-20(24-12-16-9-14(11-22)7-8-18(16)21)25-13-17-10-15-5-3-4-6-19(15)26-17;/h3-9,17H,2,10,12-13H2,1H3,(H2,23,24,25);1H. The van der Waals surface area contributed by atoms with E-state index >= 15 is 0 Å². The molecule has 5 nitrogen and oxygen atoms in total. The average molecular weight is 480 g/mol. The maximum atomic E-state index is 13.9. The Kier molecular flexibility index (Phi) is 7.85. The lowest BCUT2D eigenvalue weighted by atomic mass is 10.1. The van der Waals surface area contributed by atoms with E-state index in [-0.39, 0.29) is 42.4 Å². The van der Waals surface area contributed by atoms with Gasteiger partial charge in [0.15, 0.2) is 5.96 Å². The molecule has 1 heterocycles. The van der Waals surface area contributed by atoms with Crippen molar-refractivity contribution in [3.63, 3.8) is 0 Å². The van der Waals surface area contributed by atoms with Crippen molar-refractivity contribution in [2.45, 2.75) is 26.0 Å². The van der Waals surface area contributed by atoms with Gasteiger partial charge < -0.3 is 15.4 Å². The molecular weight excluding hydrogens is 458 g/mol. The third-order valence-corrected chi connectivity index (χ3v) is 4.14. The van der Waals surface area contributed by atoms with Crippen molar-refractivity contribution in [3.05, 3.63) is 65.0 Å². The van der Waals surface area contributed by atoms with Crippen LogP contribution in [0.15, 0.2) is 47.5 Å². The molecule has 1 atom stereocenters. The summed E-state index contributed by atoms with van der Waals surface area (Å²) in [7, 11) is 0. The summed E-state index contributed by atoms with van der Waals surface area (Å²) in [6.07, 6.45) is 0.886. The Labute approximate surface area is 175 Å². The minimum Gasteiger partial charge on any atom is -0.488 e. The number of halogens is 2. The second kappa shape index (κ2) is 10.1. The van der Waals surface area contributed by atoms with E-state index in [0.717, 1.165) is 12.2 Å². The summed E-state index contributed by atoms with van der Waals surface area (Å²) in [5.41, 5.74) is 2.02. The molecule has 3 rings (SSSR count). The van der Waals surface area contributed by atoms with Gasteiger partial charge in [-0.1, -0.05) is 18.2 Å². The summed E-state index contributed by atoms with van der Waals surface area (Å²) >= 11 is 0. The molecule has 0 saturated heterocycles. The maximum absolute atomic E-state index is 13.9. The van der Waals surface area contributed by atoms with Crippen molar-refractivity contribution in [2.24, 2.45) is 4.99 Å². The third kappa shape index (κ3) is 5.57. The molecule has 0 fully saturated rings. The minimum absolute atomic E-state index is 0. The van der Waals surface area contributed by atoms with E-state index in [9.17, 15) is 4.39 Å². The number of fused-ring (bicyclic) bond motifs is 1. The lowest BCUT2D eigenvalue weighted by Crippen LogP contribution is -2.42. The van der Waals surface area contributed by atoms with Crippen LogP contribution in [0.4, 0.5) is 4.39 Å². The van der Waals surface area contributed by atoms with Crippen molar-refractivity contribution in [3.8, 4) is 11.8 Å². The molecule has 2 aromatic carbocycles. The van der Waals surface area contributed by atoms with Gasteiger partial charge in [-0.3, -0.25) is 0 Å². The van der Waals surface area contributed by atoms with Crippen LogP contribution in [0.3, 0.4) is 0 Å². The Balaban J connectivity index is 0.00000261. The number of benzene rings is 2. The highest BCUT2D eigenvalue weighted by Gasteiger charge is 2.22. The number of nitrogens with zero attached hydrogens (tertiary/aromatic N) is 2. The Morgan fingerprint density at radius 1 is 1.30 bits per heavy atom. The fraction of sp³-hybridized carbons (Fsp3) is 0.300. The highest BCUT2D eigenvalue weighted by molar-refractivity contribution is 14.0. The van der Waals surface area contributed by atoms with Crippen LogP contribution in [0.25, 0.3) is 0 Å². The molecule has 0 aromatic heterocycles. The van der Waals surface area contributed by atoms with E-state index in [4.69, 9.17) is 10.00 Å². The summed E-state index contributed by atoms with van der Waals surface area (Å²) < 4.78 is 19.8. The highest BCUT2D eigenvalue weighted by atomic mass is 127. The van der Waals surface area contributed by atoms with Gasteiger partial charge in [0.25, 0.3) is 0 Å². The number of ether oxygens (including phenoxy) is 1. The number of hydrogen-bond acceptors (Lipinski definition) is 3. The van der Waals surface area contributed by atoms with E-state index in [1.165, 1.54) is 23.8 Å². The molecule has 7 heteroatoms. The zero-order valence-corrected chi connectivity index (χ0v) is 17.4. The number of para-hydroxylation sites is 1. The molecule has 0 spiro atoms. The second-order valence-corrected chi connectivity index (χ2v) is 6.05. The van der Waals surface area contributed by atoms with Gasteiger partial charge in [-0.25, -0.2) is 9.38 Å². The molecule has 1 aliphatic rings. The van der Waals surface area contributed by atoms with E-state index < -0.39 is 0 Å². The fourth-order valence-electron chi connectivity index (χ4n) is 2.85. The molecule has 2 N–H and O–H groups in total. The van der Waals surface area contributed by atoms with Gasteiger partial charge >= 0.3 is 0 Å². The van der Waals surface area contributed by atoms with Crippen LogP contribution in [0.2, 0.25) is 0 Å². The zero-order chi connectivity index (χ0) is 18.4. The first-order valence-corrected chi connectivity index (χ1v) is 8.65. The first kappa shape index (κ1) is 21.0. The van der Waals surface area contributed by atoms with Gasteiger partial charge in [0.1, 0.15) is 17.7 Å². The van der Waals surface area contributed by atoms with Crippen LogP contribution >= 0.6 is 24.0 Å². The van der Waals surface area contributed by atoms with E-state index in [0.29, 0.717) is 30.2 Å². The Morgan fingerprint density at radius 3 is 2.85 bits per heavy atom. The first-order valence-electron chi connectivity index (χ1n) is 8.65. The molecule has 2 aromatic rings. The number of rotatable bonds is 5. The molecule has 1 unspecified atom stereocenters. The molecule has 0 bridgehead atoms. The van der Waals surface area contributed by atoms with Crippen molar-refractivity contribution in [2.75, 3.05) is 13.1 Å². The Morgan fingerprint density at radius 2 is 2.11 bits per heavy atom. The predicted octanol–water partition coefficient (Wildman–Crippen LogP) is 3.37. The van der Waals surface area contributed by atoms with Crippen LogP contribution in [0, 0.1) is 17.1 Å². The summed E-state index contributed by atoms with van der Waals surface area (Å²) in [5.74, 6) is 1.16. The molecule has 0 radical (unpaired) electrons. The molecule has 27 heavy (non-hydrogen) atoms. The topological polar surface area (TPSA) is 69.4 Å². The number of aliphatic imine (C=N–C) groups is 1. The SMILES string of the molecule is CCNC(=NCc1cc(C#N)ccc1F)NCC1Cc2ccccc2O1.I. The number of guanidine groups is 1. The van der Waals surface area contributed by atoms with Crippen molar-refractivity contribution in [1.29, 1.82) is 5.26 Å². The van der Waals surface area contributed by atoms with Gasteiger partial charge in [0, 0.05) is 18.5 Å². The Hall–Kier alpha value is -2.34. The van der Waals surface area contributed by atoms with Crippen molar-refractivity contribution >= 4 is 29.9 Å². The van der Waals surface area contributed by atoms with Crippen LogP contribution in [0.1, 0.15) is 23.6 Å². The van der Waals surface area contributed by atoms with Crippen molar-refractivity contribution < 1.29 is 9.13 Å². The highest BCUT2D eigenvalue weighted by Crippen LogP contribution is 2.27. The smallest absolute Gasteiger partial charge is 0.191 e. The maximum Gasteiger partial charge on any atom is 0.191 e. The zero-order valence-electron chi connectivity index (χ0n) is 15.0. The molecule has 1 aliphatic heterocycles. The first-order chi connectivity index (χ1) is 12.7. The summed E-state index contributed by atoms with van der Waals surface area (Å²) in [6, 6.07) is 14.3. The van der Waals surface area contributed by atoms with Crippen LogP contribution in [0.5, 0.6) is 5.75 Å². The number of nitrogens with one attached hydrogen (secondary N) is 2. The van der Waals surface area contributed by atoms with Gasteiger partial charge in [0.05, 0.1) is 24.7 Å². The summed E-state index contributed by atoms with van der Waals surface area (Å²) in [5, 5.41) is 15.3. The minimum atomic E-state index is -0.363. The lowest BCUT2D eigenvalue weighted by molar-refractivity contribution is 0.235. The summed E-state index contributed by atoms with van der Waals surface area (Å²) in [4.78, 5) is 4.42. The monoisotopic (exact) mass is 480 g/mol. The van der Waals surface area contributed by atoms with Gasteiger partial charge in [-0.15, -0.1) is 24.0 Å². The Bertz CT molecular complexity index is 825. The predicted molar refractivity (Wildman–Crippen MR) is 114 cm³/mol. The molecule has 142 valence electrons. The largest absolute Gasteiger partial charge is 0.488 e. The van der Waals surface area contributed by atoms with Gasteiger partial charge in [0.2, 0.25) is 0 Å². The van der Waals surface area contributed by atoms with Crippen LogP contribution < -0.4 is 15.4 Å². The molecule has 0 amide bonds. The van der Waals surface area contributed by atoms with Crippen LogP contribution in [-0.4, -0.2) is 25.2 Å². The second-order valence-electron chi connectivity index (χ2n) is 6.05. The molecule has 0 aliphatic carbocycles. The molecular formula is C20H22FIN4O. The lowest BCUT2D eigenvalue weighted by Gasteiger charge is -2.15. The average Bonchev–Trinajstić information content (AvgIpc) is 3.08. The third-order valence-electron chi connectivity index (χ3n) is 4.14. The van der Waals surface area contributed by atoms with Crippen molar-refractivity contribution in [1.82, 2.24) is 10.6 Å². The van der Waals surface area contributed by atoms with E-state index in [1.54, 1.807) is 0 Å². The summed E-state index contributed by atoms with van der Waals surface area (Å²) in [6.45, 7) is 3.41. The van der Waals surface area contributed by atoms with Gasteiger partial charge in [-0.05, 0) is 36.8 Å². The normalized spacial score (nSPS) is 15.1. The fourth-order valence-corrected chi connectivity index (χ4v) is 2.85. The molecule has 0 saturated carbocycles.